The molecule has 5 heteroatoms. The molecule has 0 saturated heterocycles. The number of fused-ring (bicyclic) bond motifs is 1. The average Bonchev–Trinajstić information content (AvgIpc) is 2.60. The van der Waals surface area contributed by atoms with Crippen molar-refractivity contribution in [2.24, 2.45) is 5.73 Å². The van der Waals surface area contributed by atoms with Crippen LogP contribution in [0.15, 0.2) is 35.7 Å². The summed E-state index contributed by atoms with van der Waals surface area (Å²) in [5.41, 5.74) is 9.70. The van der Waals surface area contributed by atoms with Gasteiger partial charge in [0.25, 0.3) is 0 Å². The van der Waals surface area contributed by atoms with E-state index in [9.17, 15) is 9.90 Å². The zero-order valence-corrected chi connectivity index (χ0v) is 11.5. The van der Waals surface area contributed by atoms with Crippen molar-refractivity contribution in [2.75, 3.05) is 11.9 Å². The first-order chi connectivity index (χ1) is 9.58. The lowest BCUT2D eigenvalue weighted by molar-refractivity contribution is -0.139. The quantitative estimate of drug-likeness (QED) is 0.713. The van der Waals surface area contributed by atoms with Crippen LogP contribution in [0.1, 0.15) is 18.4 Å². The Morgan fingerprint density at radius 2 is 2.15 bits per heavy atom. The maximum absolute atomic E-state index is 11.3. The molecule has 0 amide bonds. The molecule has 2 aliphatic rings. The van der Waals surface area contributed by atoms with Gasteiger partial charge in [0.15, 0.2) is 0 Å². The zero-order valence-electron chi connectivity index (χ0n) is 11.5. The summed E-state index contributed by atoms with van der Waals surface area (Å²) in [6.07, 6.45) is 2.03. The maximum atomic E-state index is 11.3. The van der Waals surface area contributed by atoms with E-state index in [1.807, 2.05) is 30.1 Å². The Kier molecular flexibility index (Phi) is 3.14. The summed E-state index contributed by atoms with van der Waals surface area (Å²) in [7, 11) is 1.96. The SMILES string of the molecule is CN1C2=C(Cc3ccccc31)C(N)CCC(C(=O)O)N2. The van der Waals surface area contributed by atoms with Gasteiger partial charge < -0.3 is 21.1 Å². The van der Waals surface area contributed by atoms with Gasteiger partial charge in [-0.2, -0.15) is 0 Å². The van der Waals surface area contributed by atoms with E-state index in [4.69, 9.17) is 5.73 Å². The molecule has 3 rings (SSSR count). The van der Waals surface area contributed by atoms with Crippen molar-refractivity contribution < 1.29 is 9.90 Å². The summed E-state index contributed by atoms with van der Waals surface area (Å²) in [6.45, 7) is 0. The van der Waals surface area contributed by atoms with Gasteiger partial charge in [-0.25, -0.2) is 4.79 Å². The minimum Gasteiger partial charge on any atom is -0.480 e. The van der Waals surface area contributed by atoms with Crippen LogP contribution in [-0.2, 0) is 11.2 Å². The molecule has 0 radical (unpaired) electrons. The normalized spacial score (nSPS) is 25.4. The molecular formula is C15H19N3O2. The van der Waals surface area contributed by atoms with Crippen LogP contribution in [-0.4, -0.2) is 30.2 Å². The summed E-state index contributed by atoms with van der Waals surface area (Å²) in [4.78, 5) is 13.3. The number of carboxylic acids is 1. The summed E-state index contributed by atoms with van der Waals surface area (Å²) < 4.78 is 0. The number of nitrogens with two attached hydrogens (primary N) is 1. The fourth-order valence-corrected chi connectivity index (χ4v) is 3.05. The molecule has 0 aromatic heterocycles. The molecule has 1 aromatic carbocycles. The Hall–Kier alpha value is -2.01. The molecule has 2 unspecified atom stereocenters. The molecule has 0 spiro atoms. The molecule has 0 bridgehead atoms. The van der Waals surface area contributed by atoms with Crippen LogP contribution < -0.4 is 16.0 Å². The lowest BCUT2D eigenvalue weighted by Crippen LogP contribution is -2.42. The van der Waals surface area contributed by atoms with Gasteiger partial charge in [-0.1, -0.05) is 18.2 Å². The first-order valence-corrected chi connectivity index (χ1v) is 6.87. The van der Waals surface area contributed by atoms with Crippen LogP contribution in [0.5, 0.6) is 0 Å². The Labute approximate surface area is 118 Å². The minimum absolute atomic E-state index is 0.0855. The first-order valence-electron chi connectivity index (χ1n) is 6.87. The van der Waals surface area contributed by atoms with Crippen LogP contribution in [0.2, 0.25) is 0 Å². The van der Waals surface area contributed by atoms with Crippen LogP contribution in [0.3, 0.4) is 0 Å². The van der Waals surface area contributed by atoms with E-state index in [0.717, 1.165) is 23.5 Å². The Morgan fingerprint density at radius 3 is 2.90 bits per heavy atom. The first kappa shape index (κ1) is 13.0. The Bertz CT molecular complexity index is 582. The molecule has 0 aliphatic carbocycles. The molecule has 0 fully saturated rings. The van der Waals surface area contributed by atoms with Crippen molar-refractivity contribution in [3.63, 3.8) is 0 Å². The van der Waals surface area contributed by atoms with Crippen LogP contribution >= 0.6 is 0 Å². The topological polar surface area (TPSA) is 78.6 Å². The molecule has 2 heterocycles. The largest absolute Gasteiger partial charge is 0.480 e. The van der Waals surface area contributed by atoms with Crippen molar-refractivity contribution >= 4 is 11.7 Å². The maximum Gasteiger partial charge on any atom is 0.326 e. The number of anilines is 1. The zero-order chi connectivity index (χ0) is 14.3. The van der Waals surface area contributed by atoms with E-state index in [1.165, 1.54) is 5.56 Å². The Morgan fingerprint density at radius 1 is 1.40 bits per heavy atom. The summed E-state index contributed by atoms with van der Waals surface area (Å²) in [5, 5.41) is 12.4. The van der Waals surface area contributed by atoms with Crippen molar-refractivity contribution in [1.82, 2.24) is 5.32 Å². The van der Waals surface area contributed by atoms with Gasteiger partial charge in [-0.3, -0.25) is 0 Å². The number of nitrogens with zero attached hydrogens (tertiary/aromatic N) is 1. The average molecular weight is 273 g/mol. The molecule has 5 nitrogen and oxygen atoms in total. The van der Waals surface area contributed by atoms with Crippen molar-refractivity contribution in [1.29, 1.82) is 0 Å². The summed E-state index contributed by atoms with van der Waals surface area (Å²) in [6, 6.07) is 7.51. The van der Waals surface area contributed by atoms with Crippen molar-refractivity contribution in [2.45, 2.75) is 31.3 Å². The number of nitrogens with one attached hydrogen (secondary N) is 1. The molecule has 106 valence electrons. The second kappa shape index (κ2) is 4.83. The molecular weight excluding hydrogens is 254 g/mol. The number of benzene rings is 1. The van der Waals surface area contributed by atoms with E-state index >= 15 is 0 Å². The van der Waals surface area contributed by atoms with Crippen LogP contribution in [0, 0.1) is 0 Å². The molecule has 4 N–H and O–H groups in total. The van der Waals surface area contributed by atoms with Crippen molar-refractivity contribution in [3.8, 4) is 0 Å². The number of hydrogen-bond donors (Lipinski definition) is 3. The lowest BCUT2D eigenvalue weighted by atomic mass is 9.92. The highest BCUT2D eigenvalue weighted by Gasteiger charge is 2.32. The van der Waals surface area contributed by atoms with E-state index in [0.29, 0.717) is 12.8 Å². The lowest BCUT2D eigenvalue weighted by Gasteiger charge is -2.34. The molecule has 2 atom stereocenters. The molecule has 2 aliphatic heterocycles. The summed E-state index contributed by atoms with van der Waals surface area (Å²) in [5.74, 6) is 0.0410. The third-order valence-corrected chi connectivity index (χ3v) is 4.20. The molecule has 0 saturated carbocycles. The van der Waals surface area contributed by atoms with Gasteiger partial charge in [0.2, 0.25) is 0 Å². The minimum atomic E-state index is -0.821. The third kappa shape index (κ3) is 2.04. The highest BCUT2D eigenvalue weighted by Crippen LogP contribution is 2.34. The molecule has 1 aromatic rings. The van der Waals surface area contributed by atoms with Gasteiger partial charge in [-0.05, 0) is 30.0 Å². The monoisotopic (exact) mass is 273 g/mol. The number of hydrogen-bond acceptors (Lipinski definition) is 4. The van der Waals surface area contributed by atoms with Crippen LogP contribution in [0.4, 0.5) is 5.69 Å². The van der Waals surface area contributed by atoms with Crippen LogP contribution in [0.25, 0.3) is 0 Å². The van der Waals surface area contributed by atoms with Gasteiger partial charge in [0.1, 0.15) is 11.9 Å². The third-order valence-electron chi connectivity index (χ3n) is 4.20. The second-order valence-electron chi connectivity index (χ2n) is 5.46. The molecule has 20 heavy (non-hydrogen) atoms. The number of para-hydroxylation sites is 1. The van der Waals surface area contributed by atoms with Gasteiger partial charge in [0, 0.05) is 25.2 Å². The van der Waals surface area contributed by atoms with Gasteiger partial charge in [-0.15, -0.1) is 0 Å². The van der Waals surface area contributed by atoms with Gasteiger partial charge >= 0.3 is 5.97 Å². The standard InChI is InChI=1S/C15H19N3O2/c1-18-13-5-3-2-4-9(13)8-10-11(16)6-7-12(15(19)20)17-14(10)18/h2-5,11-12,17H,6-8,16H2,1H3,(H,19,20). The van der Waals surface area contributed by atoms with E-state index in [2.05, 4.69) is 11.4 Å². The fourth-order valence-electron chi connectivity index (χ4n) is 3.05. The van der Waals surface area contributed by atoms with Crippen molar-refractivity contribution in [3.05, 3.63) is 41.2 Å². The highest BCUT2D eigenvalue weighted by atomic mass is 16.4. The number of carboxylic acid groups (broad SMARTS) is 1. The van der Waals surface area contributed by atoms with E-state index < -0.39 is 12.0 Å². The fraction of sp³-hybridized carbons (Fsp3) is 0.400. The van der Waals surface area contributed by atoms with Gasteiger partial charge in [0.05, 0.1) is 0 Å². The predicted octanol–water partition coefficient (Wildman–Crippen LogP) is 1.05. The number of rotatable bonds is 1. The number of aliphatic carboxylic acids is 1. The number of carbonyl (C=O) groups is 1. The smallest absolute Gasteiger partial charge is 0.326 e. The van der Waals surface area contributed by atoms with E-state index in [1.54, 1.807) is 0 Å². The predicted molar refractivity (Wildman–Crippen MR) is 77.3 cm³/mol. The Balaban J connectivity index is 2.02. The van der Waals surface area contributed by atoms with E-state index in [-0.39, 0.29) is 6.04 Å². The highest BCUT2D eigenvalue weighted by molar-refractivity contribution is 5.74. The second-order valence-corrected chi connectivity index (χ2v) is 5.46. The summed E-state index contributed by atoms with van der Waals surface area (Å²) >= 11 is 0.